The van der Waals surface area contributed by atoms with Gasteiger partial charge in [-0.2, -0.15) is 0 Å². The van der Waals surface area contributed by atoms with Gasteiger partial charge < -0.3 is 5.32 Å². The Morgan fingerprint density at radius 3 is 3.05 bits per heavy atom. The van der Waals surface area contributed by atoms with Crippen molar-refractivity contribution in [2.24, 2.45) is 0 Å². The van der Waals surface area contributed by atoms with Crippen LogP contribution < -0.4 is 10.9 Å². The molecule has 3 heterocycles. The van der Waals surface area contributed by atoms with Crippen LogP contribution in [0.25, 0.3) is 5.65 Å². The summed E-state index contributed by atoms with van der Waals surface area (Å²) in [5, 5.41) is 11.1. The molecule has 7 nitrogen and oxygen atoms in total. The molecule has 7 heteroatoms. The minimum Gasteiger partial charge on any atom is -0.314 e. The van der Waals surface area contributed by atoms with E-state index < -0.39 is 0 Å². The lowest BCUT2D eigenvalue weighted by Crippen LogP contribution is -2.16. The van der Waals surface area contributed by atoms with Crippen molar-refractivity contribution in [2.75, 3.05) is 7.05 Å². The Morgan fingerprint density at radius 1 is 1.30 bits per heavy atom. The minimum absolute atomic E-state index is 0.0961. The topological polar surface area (TPSA) is 77.1 Å². The first-order valence-corrected chi connectivity index (χ1v) is 6.27. The molecular formula is C13H14N6O. The highest BCUT2D eigenvalue weighted by Gasteiger charge is 2.05. The molecule has 3 rings (SSSR count). The number of nitrogens with one attached hydrogen (secondary N) is 1. The zero-order valence-electron chi connectivity index (χ0n) is 11.0. The summed E-state index contributed by atoms with van der Waals surface area (Å²) in [5.41, 5.74) is 2.05. The summed E-state index contributed by atoms with van der Waals surface area (Å²) < 4.78 is 3.19. The second-order valence-electron chi connectivity index (χ2n) is 4.45. The van der Waals surface area contributed by atoms with Gasteiger partial charge in [-0.25, -0.2) is 9.67 Å². The molecule has 3 aromatic rings. The van der Waals surface area contributed by atoms with Gasteiger partial charge in [0.05, 0.1) is 24.1 Å². The van der Waals surface area contributed by atoms with Crippen LogP contribution in [0.3, 0.4) is 0 Å². The van der Waals surface area contributed by atoms with Crippen LogP contribution in [0, 0.1) is 0 Å². The Morgan fingerprint density at radius 2 is 2.20 bits per heavy atom. The van der Waals surface area contributed by atoms with Crippen molar-refractivity contribution < 1.29 is 0 Å². The maximum absolute atomic E-state index is 12.0. The summed E-state index contributed by atoms with van der Waals surface area (Å²) >= 11 is 0. The van der Waals surface area contributed by atoms with Crippen LogP contribution in [0.2, 0.25) is 0 Å². The van der Waals surface area contributed by atoms with Gasteiger partial charge in [-0.1, -0.05) is 11.3 Å². The highest BCUT2D eigenvalue weighted by molar-refractivity contribution is 5.37. The monoisotopic (exact) mass is 270 g/mol. The fraction of sp³-hybridized carbons (Fsp3) is 0.231. The molecule has 3 aromatic heterocycles. The van der Waals surface area contributed by atoms with E-state index in [4.69, 9.17) is 0 Å². The first kappa shape index (κ1) is 12.5. The lowest BCUT2D eigenvalue weighted by molar-refractivity contribution is 0.637. The van der Waals surface area contributed by atoms with E-state index in [0.29, 0.717) is 24.4 Å². The fourth-order valence-corrected chi connectivity index (χ4v) is 2.03. The van der Waals surface area contributed by atoms with E-state index in [1.54, 1.807) is 23.0 Å². The molecule has 0 saturated carbocycles. The lowest BCUT2D eigenvalue weighted by Gasteiger charge is -2.03. The van der Waals surface area contributed by atoms with Crippen molar-refractivity contribution in [3.8, 4) is 0 Å². The van der Waals surface area contributed by atoms with Gasteiger partial charge in [-0.05, 0) is 19.2 Å². The largest absolute Gasteiger partial charge is 0.314 e. The number of rotatable bonds is 4. The Hall–Kier alpha value is -2.54. The summed E-state index contributed by atoms with van der Waals surface area (Å²) in [6.45, 7) is 1.09. The standard InChI is InChI=1S/C13H14N6O/c1-14-7-11-9-18(17-16-11)8-10-6-13(20)19-5-3-2-4-12(19)15-10/h2-6,9,14H,7-8H2,1H3. The van der Waals surface area contributed by atoms with Crippen LogP contribution in [-0.2, 0) is 13.1 Å². The summed E-state index contributed by atoms with van der Waals surface area (Å²) in [6.07, 6.45) is 3.54. The molecule has 0 bridgehead atoms. The minimum atomic E-state index is -0.0961. The average Bonchev–Trinajstić information content (AvgIpc) is 2.87. The molecule has 0 fully saturated rings. The van der Waals surface area contributed by atoms with Crippen molar-refractivity contribution in [1.29, 1.82) is 0 Å². The maximum atomic E-state index is 12.0. The fourth-order valence-electron chi connectivity index (χ4n) is 2.03. The van der Waals surface area contributed by atoms with Gasteiger partial charge in [0.2, 0.25) is 0 Å². The zero-order valence-corrected chi connectivity index (χ0v) is 11.0. The first-order chi connectivity index (χ1) is 9.76. The number of hydrogen-bond acceptors (Lipinski definition) is 5. The van der Waals surface area contributed by atoms with Gasteiger partial charge in [0, 0.05) is 18.8 Å². The molecule has 0 amide bonds. The molecule has 0 saturated heterocycles. The quantitative estimate of drug-likeness (QED) is 0.725. The molecule has 0 atom stereocenters. The van der Waals surface area contributed by atoms with E-state index in [1.165, 1.54) is 10.5 Å². The van der Waals surface area contributed by atoms with Crippen molar-refractivity contribution in [2.45, 2.75) is 13.1 Å². The molecule has 0 spiro atoms. The normalized spacial score (nSPS) is 11.1. The average molecular weight is 270 g/mol. The molecule has 0 aliphatic heterocycles. The van der Waals surface area contributed by atoms with Gasteiger partial charge in [0.15, 0.2) is 0 Å². The first-order valence-electron chi connectivity index (χ1n) is 6.27. The molecule has 0 aliphatic rings. The number of hydrogen-bond donors (Lipinski definition) is 1. The van der Waals surface area contributed by atoms with Crippen molar-refractivity contribution in [1.82, 2.24) is 29.7 Å². The third-order valence-corrected chi connectivity index (χ3v) is 2.89. The highest BCUT2D eigenvalue weighted by atomic mass is 16.1. The van der Waals surface area contributed by atoms with E-state index in [-0.39, 0.29) is 5.56 Å². The van der Waals surface area contributed by atoms with Crippen molar-refractivity contribution in [3.05, 3.63) is 58.4 Å². The zero-order chi connectivity index (χ0) is 13.9. The molecule has 0 aromatic carbocycles. The van der Waals surface area contributed by atoms with Crippen LogP contribution in [0.5, 0.6) is 0 Å². The molecule has 20 heavy (non-hydrogen) atoms. The molecule has 1 N–H and O–H groups in total. The van der Waals surface area contributed by atoms with E-state index in [1.807, 2.05) is 19.3 Å². The van der Waals surface area contributed by atoms with Crippen LogP contribution in [0.15, 0.2) is 41.5 Å². The number of fused-ring (bicyclic) bond motifs is 1. The number of pyridine rings is 1. The summed E-state index contributed by atoms with van der Waals surface area (Å²) in [6, 6.07) is 6.98. The highest BCUT2D eigenvalue weighted by Crippen LogP contribution is 2.01. The van der Waals surface area contributed by atoms with Gasteiger partial charge >= 0.3 is 0 Å². The second kappa shape index (κ2) is 5.22. The van der Waals surface area contributed by atoms with Crippen LogP contribution in [0.4, 0.5) is 0 Å². The summed E-state index contributed by atoms with van der Waals surface area (Å²) in [7, 11) is 1.85. The molecule has 0 aliphatic carbocycles. The smallest absolute Gasteiger partial charge is 0.258 e. The predicted molar refractivity (Wildman–Crippen MR) is 73.3 cm³/mol. The van der Waals surface area contributed by atoms with Crippen LogP contribution in [0.1, 0.15) is 11.4 Å². The van der Waals surface area contributed by atoms with Crippen molar-refractivity contribution >= 4 is 5.65 Å². The van der Waals surface area contributed by atoms with Crippen molar-refractivity contribution in [3.63, 3.8) is 0 Å². The maximum Gasteiger partial charge on any atom is 0.258 e. The Balaban J connectivity index is 1.92. The Labute approximate surface area is 114 Å². The van der Waals surface area contributed by atoms with E-state index in [9.17, 15) is 4.79 Å². The number of aromatic nitrogens is 5. The SMILES string of the molecule is CNCc1cn(Cc2cc(=O)n3ccccc3n2)nn1. The van der Waals surface area contributed by atoms with Gasteiger partial charge in [0.25, 0.3) is 5.56 Å². The Kier molecular flexibility index (Phi) is 3.26. The van der Waals surface area contributed by atoms with Crippen LogP contribution >= 0.6 is 0 Å². The second-order valence-corrected chi connectivity index (χ2v) is 4.45. The number of nitrogens with zero attached hydrogens (tertiary/aromatic N) is 5. The summed E-state index contributed by atoms with van der Waals surface area (Å²) in [4.78, 5) is 16.4. The van der Waals surface area contributed by atoms with Gasteiger partial charge in [-0.15, -0.1) is 5.10 Å². The molecule has 0 radical (unpaired) electrons. The molecule has 102 valence electrons. The summed E-state index contributed by atoms with van der Waals surface area (Å²) in [5.74, 6) is 0. The van der Waals surface area contributed by atoms with Gasteiger partial charge in [0.1, 0.15) is 5.65 Å². The molecule has 0 unspecified atom stereocenters. The lowest BCUT2D eigenvalue weighted by atomic mass is 10.3. The van der Waals surface area contributed by atoms with Crippen LogP contribution in [-0.4, -0.2) is 31.4 Å². The Bertz CT molecular complexity index is 791. The third-order valence-electron chi connectivity index (χ3n) is 2.89. The third kappa shape index (κ3) is 2.43. The van der Waals surface area contributed by atoms with Gasteiger partial charge in [-0.3, -0.25) is 9.20 Å². The van der Waals surface area contributed by atoms with E-state index >= 15 is 0 Å². The van der Waals surface area contributed by atoms with E-state index in [2.05, 4.69) is 20.6 Å². The van der Waals surface area contributed by atoms with E-state index in [0.717, 1.165) is 5.69 Å². The predicted octanol–water partition coefficient (Wildman–Crippen LogP) is 0.0537. The molecular weight excluding hydrogens is 256 g/mol.